The van der Waals surface area contributed by atoms with E-state index in [-0.39, 0.29) is 6.10 Å². The van der Waals surface area contributed by atoms with E-state index in [2.05, 4.69) is 4.74 Å². The second-order valence-corrected chi connectivity index (χ2v) is 4.34. The molecular formula is C14H21NO4. The van der Waals surface area contributed by atoms with Crippen molar-refractivity contribution in [3.05, 3.63) is 29.8 Å². The maximum absolute atomic E-state index is 11.2. The van der Waals surface area contributed by atoms with E-state index in [1.54, 1.807) is 7.11 Å². The molecule has 1 aromatic rings. The summed E-state index contributed by atoms with van der Waals surface area (Å²) in [5.74, 6) is 0.355. The summed E-state index contributed by atoms with van der Waals surface area (Å²) in [5, 5.41) is 0. The molecule has 0 aliphatic heterocycles. The van der Waals surface area contributed by atoms with E-state index < -0.39 is 12.0 Å². The number of carbonyl (C=O) groups excluding carboxylic acids is 1. The molecule has 0 aromatic heterocycles. The minimum atomic E-state index is -0.634. The molecule has 0 amide bonds. The third-order valence-corrected chi connectivity index (χ3v) is 2.77. The van der Waals surface area contributed by atoms with E-state index >= 15 is 0 Å². The maximum atomic E-state index is 11.2. The summed E-state index contributed by atoms with van der Waals surface area (Å²) in [6, 6.07) is 6.83. The van der Waals surface area contributed by atoms with Gasteiger partial charge in [0.1, 0.15) is 18.4 Å². The molecule has 0 aliphatic rings. The number of nitrogens with two attached hydrogens (primary N) is 1. The second-order valence-electron chi connectivity index (χ2n) is 4.34. The summed E-state index contributed by atoms with van der Waals surface area (Å²) in [7, 11) is 2.97. The first-order valence-corrected chi connectivity index (χ1v) is 6.14. The average Bonchev–Trinajstić information content (AvgIpc) is 2.45. The van der Waals surface area contributed by atoms with Crippen LogP contribution in [0.1, 0.15) is 12.5 Å². The Bertz CT molecular complexity index is 391. The van der Waals surface area contributed by atoms with E-state index in [1.165, 1.54) is 7.11 Å². The summed E-state index contributed by atoms with van der Waals surface area (Å²) in [6.45, 7) is 2.43. The molecule has 0 fully saturated rings. The van der Waals surface area contributed by atoms with E-state index in [1.807, 2.05) is 31.2 Å². The average molecular weight is 267 g/mol. The topological polar surface area (TPSA) is 70.8 Å². The van der Waals surface area contributed by atoms with Crippen LogP contribution in [0.2, 0.25) is 0 Å². The van der Waals surface area contributed by atoms with Gasteiger partial charge in [0.05, 0.1) is 13.2 Å². The van der Waals surface area contributed by atoms with Gasteiger partial charge in [-0.15, -0.1) is 0 Å². The van der Waals surface area contributed by atoms with Crippen molar-refractivity contribution in [2.45, 2.75) is 25.5 Å². The first kappa shape index (κ1) is 15.5. The lowest BCUT2D eigenvalue weighted by Crippen LogP contribution is -2.33. The lowest BCUT2D eigenvalue weighted by atomic mass is 10.1. The van der Waals surface area contributed by atoms with Crippen LogP contribution in [-0.4, -0.2) is 38.9 Å². The van der Waals surface area contributed by atoms with E-state index in [0.29, 0.717) is 13.0 Å². The Hall–Kier alpha value is -1.59. The molecule has 5 nitrogen and oxygen atoms in total. The van der Waals surface area contributed by atoms with Crippen LogP contribution in [0.4, 0.5) is 0 Å². The maximum Gasteiger partial charge on any atom is 0.322 e. The Kier molecular flexibility index (Phi) is 6.32. The van der Waals surface area contributed by atoms with Crippen molar-refractivity contribution < 1.29 is 19.0 Å². The van der Waals surface area contributed by atoms with Gasteiger partial charge in [-0.2, -0.15) is 0 Å². The highest BCUT2D eigenvalue weighted by Crippen LogP contribution is 2.14. The third-order valence-electron chi connectivity index (χ3n) is 2.77. The number of ether oxygens (including phenoxy) is 3. The molecule has 106 valence electrons. The lowest BCUT2D eigenvalue weighted by Gasteiger charge is -2.12. The summed E-state index contributed by atoms with van der Waals surface area (Å²) in [6.07, 6.45) is 0.494. The first-order valence-electron chi connectivity index (χ1n) is 6.14. The van der Waals surface area contributed by atoms with Crippen LogP contribution < -0.4 is 10.5 Å². The molecule has 0 spiro atoms. The smallest absolute Gasteiger partial charge is 0.322 e. The normalized spacial score (nSPS) is 13.7. The van der Waals surface area contributed by atoms with Gasteiger partial charge in [-0.05, 0) is 31.0 Å². The number of rotatable bonds is 7. The fourth-order valence-electron chi connectivity index (χ4n) is 1.49. The van der Waals surface area contributed by atoms with E-state index in [4.69, 9.17) is 15.2 Å². The van der Waals surface area contributed by atoms with Gasteiger partial charge < -0.3 is 19.9 Å². The van der Waals surface area contributed by atoms with Gasteiger partial charge >= 0.3 is 5.97 Å². The van der Waals surface area contributed by atoms with Crippen molar-refractivity contribution in [3.8, 4) is 5.75 Å². The van der Waals surface area contributed by atoms with Gasteiger partial charge in [-0.25, -0.2) is 0 Å². The quantitative estimate of drug-likeness (QED) is 0.750. The Labute approximate surface area is 113 Å². The van der Waals surface area contributed by atoms with Crippen LogP contribution in [-0.2, 0) is 20.7 Å². The van der Waals surface area contributed by atoms with Gasteiger partial charge in [0.15, 0.2) is 0 Å². The Balaban J connectivity index is 2.49. The molecular weight excluding hydrogens is 246 g/mol. The standard InChI is InChI=1S/C14H21NO4/c1-10(17-2)9-19-12-6-4-11(5-7-12)8-13(15)14(16)18-3/h4-7,10,13H,8-9,15H2,1-3H3. The highest BCUT2D eigenvalue weighted by Gasteiger charge is 2.14. The molecule has 1 aromatic carbocycles. The van der Waals surface area contributed by atoms with E-state index in [0.717, 1.165) is 11.3 Å². The molecule has 0 radical (unpaired) electrons. The molecule has 0 saturated carbocycles. The fourth-order valence-corrected chi connectivity index (χ4v) is 1.49. The highest BCUT2D eigenvalue weighted by molar-refractivity contribution is 5.75. The number of hydrogen-bond acceptors (Lipinski definition) is 5. The molecule has 2 unspecified atom stereocenters. The van der Waals surface area contributed by atoms with Crippen molar-refractivity contribution in [1.29, 1.82) is 0 Å². The predicted molar refractivity (Wildman–Crippen MR) is 72.1 cm³/mol. The van der Waals surface area contributed by atoms with Gasteiger partial charge in [0.2, 0.25) is 0 Å². The predicted octanol–water partition coefficient (Wildman–Crippen LogP) is 1.14. The van der Waals surface area contributed by atoms with Crippen LogP contribution in [0.5, 0.6) is 5.75 Å². The molecule has 5 heteroatoms. The van der Waals surface area contributed by atoms with Crippen molar-refractivity contribution in [3.63, 3.8) is 0 Å². The summed E-state index contributed by atoms with van der Waals surface area (Å²) < 4.78 is 15.2. The minimum absolute atomic E-state index is 0.0485. The molecule has 0 aliphatic carbocycles. The van der Waals surface area contributed by atoms with Gasteiger partial charge in [-0.3, -0.25) is 4.79 Å². The molecule has 0 saturated heterocycles. The summed E-state index contributed by atoms with van der Waals surface area (Å²) in [4.78, 5) is 11.2. The molecule has 2 atom stereocenters. The zero-order valence-corrected chi connectivity index (χ0v) is 11.6. The molecule has 1 rings (SSSR count). The monoisotopic (exact) mass is 267 g/mol. The molecule has 0 heterocycles. The van der Waals surface area contributed by atoms with Gasteiger partial charge in [0.25, 0.3) is 0 Å². The van der Waals surface area contributed by atoms with Crippen LogP contribution in [0.25, 0.3) is 0 Å². The largest absolute Gasteiger partial charge is 0.491 e. The van der Waals surface area contributed by atoms with Crippen LogP contribution in [0.3, 0.4) is 0 Å². The highest BCUT2D eigenvalue weighted by atomic mass is 16.5. The number of hydrogen-bond donors (Lipinski definition) is 1. The zero-order chi connectivity index (χ0) is 14.3. The van der Waals surface area contributed by atoms with Crippen LogP contribution >= 0.6 is 0 Å². The van der Waals surface area contributed by atoms with Gasteiger partial charge in [0, 0.05) is 7.11 Å². The lowest BCUT2D eigenvalue weighted by molar-refractivity contribution is -0.142. The zero-order valence-electron chi connectivity index (χ0n) is 11.6. The minimum Gasteiger partial charge on any atom is -0.491 e. The van der Waals surface area contributed by atoms with E-state index in [9.17, 15) is 4.79 Å². The SMILES string of the molecule is COC(=O)C(N)Cc1ccc(OCC(C)OC)cc1. The number of esters is 1. The summed E-state index contributed by atoms with van der Waals surface area (Å²) in [5.41, 5.74) is 6.65. The molecule has 2 N–H and O–H groups in total. The Morgan fingerprint density at radius 1 is 1.26 bits per heavy atom. The van der Waals surface area contributed by atoms with Crippen molar-refractivity contribution in [2.75, 3.05) is 20.8 Å². The molecule has 0 bridgehead atoms. The fraction of sp³-hybridized carbons (Fsp3) is 0.500. The Morgan fingerprint density at radius 3 is 2.42 bits per heavy atom. The van der Waals surface area contributed by atoms with Crippen molar-refractivity contribution in [2.24, 2.45) is 5.73 Å². The summed E-state index contributed by atoms with van der Waals surface area (Å²) >= 11 is 0. The number of benzene rings is 1. The van der Waals surface area contributed by atoms with Crippen LogP contribution in [0, 0.1) is 0 Å². The molecule has 19 heavy (non-hydrogen) atoms. The Morgan fingerprint density at radius 2 is 1.89 bits per heavy atom. The second kappa shape index (κ2) is 7.76. The van der Waals surface area contributed by atoms with Crippen molar-refractivity contribution in [1.82, 2.24) is 0 Å². The first-order chi connectivity index (χ1) is 9.06. The number of carbonyl (C=O) groups is 1. The van der Waals surface area contributed by atoms with Crippen LogP contribution in [0.15, 0.2) is 24.3 Å². The van der Waals surface area contributed by atoms with Crippen molar-refractivity contribution >= 4 is 5.97 Å². The third kappa shape index (κ3) is 5.28. The van der Waals surface area contributed by atoms with Gasteiger partial charge in [-0.1, -0.05) is 12.1 Å². The number of methoxy groups -OCH3 is 2.